The molecule has 1 rings (SSSR count). The van der Waals surface area contributed by atoms with Crippen LogP contribution >= 0.6 is 33.9 Å². The summed E-state index contributed by atoms with van der Waals surface area (Å²) in [5, 5.41) is -0.134. The summed E-state index contributed by atoms with van der Waals surface area (Å²) in [5.41, 5.74) is 0. The summed E-state index contributed by atoms with van der Waals surface area (Å²) in [6.07, 6.45) is 0.981. The first-order valence-electron chi connectivity index (χ1n) is 6.36. The molecular weight excluding hydrogens is 359 g/mol. The van der Waals surface area contributed by atoms with Crippen molar-refractivity contribution in [3.05, 3.63) is 22.2 Å². The Morgan fingerprint density at radius 3 is 2.33 bits per heavy atom. The average molecular weight is 376 g/mol. The summed E-state index contributed by atoms with van der Waals surface area (Å²) in [6, 6.07) is 2.67. The Labute approximate surface area is 139 Å². The van der Waals surface area contributed by atoms with Crippen LogP contribution < -0.4 is 4.74 Å². The average Bonchev–Trinajstić information content (AvgIpc) is 2.36. The lowest BCUT2D eigenvalue weighted by Crippen LogP contribution is -2.09. The lowest BCUT2D eigenvalue weighted by Gasteiger charge is -2.11. The van der Waals surface area contributed by atoms with Crippen LogP contribution in [0.1, 0.15) is 20.3 Å². The maximum atomic E-state index is 11.3. The van der Waals surface area contributed by atoms with E-state index in [1.165, 1.54) is 12.1 Å². The fraction of sp³-hybridized carbons (Fsp3) is 0.538. The second kappa shape index (κ2) is 8.44. The van der Waals surface area contributed by atoms with Crippen LogP contribution in [0.4, 0.5) is 0 Å². The molecule has 120 valence electrons. The van der Waals surface area contributed by atoms with Gasteiger partial charge in [-0.05, 0) is 24.5 Å². The number of hydrogen-bond donors (Lipinski definition) is 0. The zero-order valence-electron chi connectivity index (χ0n) is 11.7. The van der Waals surface area contributed by atoms with Crippen LogP contribution in [0.3, 0.4) is 0 Å². The molecule has 0 aliphatic carbocycles. The zero-order chi connectivity index (χ0) is 16.0. The number of hydrogen-bond acceptors (Lipinski definition) is 4. The molecule has 0 fully saturated rings. The van der Waals surface area contributed by atoms with Gasteiger partial charge in [-0.3, -0.25) is 0 Å². The van der Waals surface area contributed by atoms with Crippen LogP contribution in [-0.2, 0) is 13.8 Å². The van der Waals surface area contributed by atoms with E-state index in [-0.39, 0.29) is 20.7 Å². The van der Waals surface area contributed by atoms with Crippen molar-refractivity contribution in [1.29, 1.82) is 0 Å². The highest BCUT2D eigenvalue weighted by Crippen LogP contribution is 2.37. The van der Waals surface area contributed by atoms with E-state index < -0.39 is 9.05 Å². The first-order valence-corrected chi connectivity index (χ1v) is 9.43. The van der Waals surface area contributed by atoms with Gasteiger partial charge in [-0.25, -0.2) is 8.42 Å². The third-order valence-electron chi connectivity index (χ3n) is 2.60. The molecule has 0 aliphatic heterocycles. The Kier molecular flexibility index (Phi) is 7.57. The predicted molar refractivity (Wildman–Crippen MR) is 85.3 cm³/mol. The van der Waals surface area contributed by atoms with Gasteiger partial charge in [0.15, 0.2) is 0 Å². The number of halogens is 3. The SMILES string of the molecule is CC(C)CCOCCOc1ccc(S(=O)(=O)Cl)c(Cl)c1Cl. The van der Waals surface area contributed by atoms with Gasteiger partial charge >= 0.3 is 0 Å². The minimum atomic E-state index is -3.94. The van der Waals surface area contributed by atoms with E-state index in [2.05, 4.69) is 13.8 Å². The van der Waals surface area contributed by atoms with Crippen molar-refractivity contribution in [2.24, 2.45) is 5.92 Å². The Morgan fingerprint density at radius 1 is 1.10 bits per heavy atom. The molecule has 0 atom stereocenters. The third kappa shape index (κ3) is 6.20. The molecule has 0 amide bonds. The van der Waals surface area contributed by atoms with Gasteiger partial charge in [-0.1, -0.05) is 37.0 Å². The summed E-state index contributed by atoms with van der Waals surface area (Å²) >= 11 is 11.8. The first kappa shape index (κ1) is 18.8. The summed E-state index contributed by atoms with van der Waals surface area (Å²) in [7, 11) is 1.31. The molecule has 21 heavy (non-hydrogen) atoms. The summed E-state index contributed by atoms with van der Waals surface area (Å²) in [6.45, 7) is 5.61. The van der Waals surface area contributed by atoms with Crippen LogP contribution in [0.25, 0.3) is 0 Å². The van der Waals surface area contributed by atoms with Gasteiger partial charge < -0.3 is 9.47 Å². The number of rotatable bonds is 8. The van der Waals surface area contributed by atoms with E-state index in [0.717, 1.165) is 6.42 Å². The Hall–Kier alpha value is -0.200. The Morgan fingerprint density at radius 2 is 1.76 bits per heavy atom. The molecule has 8 heteroatoms. The molecule has 0 aromatic heterocycles. The molecule has 0 bridgehead atoms. The lowest BCUT2D eigenvalue weighted by molar-refractivity contribution is 0.0926. The van der Waals surface area contributed by atoms with E-state index >= 15 is 0 Å². The predicted octanol–water partition coefficient (Wildman–Crippen LogP) is 4.36. The highest BCUT2D eigenvalue weighted by Gasteiger charge is 2.19. The molecule has 0 aliphatic rings. The van der Waals surface area contributed by atoms with E-state index in [9.17, 15) is 8.42 Å². The molecule has 1 aromatic rings. The zero-order valence-corrected chi connectivity index (χ0v) is 14.8. The molecule has 0 heterocycles. The molecule has 1 aromatic carbocycles. The van der Waals surface area contributed by atoms with Crippen LogP contribution in [0.2, 0.25) is 10.0 Å². The summed E-state index contributed by atoms with van der Waals surface area (Å²) in [4.78, 5) is -0.239. The normalized spacial score (nSPS) is 11.9. The standard InChI is InChI=1S/C13H17Cl3O4S/c1-9(2)5-6-19-7-8-20-10-3-4-11(21(16,17)18)13(15)12(10)14/h3-4,9H,5-8H2,1-2H3. The van der Waals surface area contributed by atoms with Crippen molar-refractivity contribution in [3.8, 4) is 5.75 Å². The Bertz CT molecular complexity index is 573. The topological polar surface area (TPSA) is 52.6 Å². The second-order valence-electron chi connectivity index (χ2n) is 4.77. The van der Waals surface area contributed by atoms with Gasteiger partial charge in [0.2, 0.25) is 0 Å². The van der Waals surface area contributed by atoms with Gasteiger partial charge in [0.05, 0.1) is 11.6 Å². The van der Waals surface area contributed by atoms with E-state index in [1.54, 1.807) is 0 Å². The molecule has 0 unspecified atom stereocenters. The quantitative estimate of drug-likeness (QED) is 0.500. The van der Waals surface area contributed by atoms with Crippen LogP contribution in [0.15, 0.2) is 17.0 Å². The first-order chi connectivity index (χ1) is 9.73. The molecular formula is C13H17Cl3O4S. The van der Waals surface area contributed by atoms with Crippen LogP contribution in [-0.4, -0.2) is 28.2 Å². The van der Waals surface area contributed by atoms with E-state index in [4.69, 9.17) is 43.4 Å². The van der Waals surface area contributed by atoms with Crippen LogP contribution in [0, 0.1) is 5.92 Å². The Balaban J connectivity index is 2.56. The van der Waals surface area contributed by atoms with Gasteiger partial charge in [-0.2, -0.15) is 0 Å². The smallest absolute Gasteiger partial charge is 0.262 e. The van der Waals surface area contributed by atoms with Crippen molar-refractivity contribution in [1.82, 2.24) is 0 Å². The fourth-order valence-electron chi connectivity index (χ4n) is 1.45. The second-order valence-corrected chi connectivity index (χ2v) is 8.06. The lowest BCUT2D eigenvalue weighted by atomic mass is 10.1. The molecule has 0 saturated heterocycles. The molecule has 0 N–H and O–H groups in total. The van der Waals surface area contributed by atoms with Gasteiger partial charge in [-0.15, -0.1) is 0 Å². The van der Waals surface area contributed by atoms with Crippen molar-refractivity contribution >= 4 is 42.9 Å². The maximum Gasteiger partial charge on any atom is 0.262 e. The number of ether oxygens (including phenoxy) is 2. The maximum absolute atomic E-state index is 11.3. The van der Waals surface area contributed by atoms with Crippen molar-refractivity contribution in [2.75, 3.05) is 19.8 Å². The molecule has 0 spiro atoms. The highest BCUT2D eigenvalue weighted by atomic mass is 35.7. The van der Waals surface area contributed by atoms with Gasteiger partial charge in [0.25, 0.3) is 9.05 Å². The van der Waals surface area contributed by atoms with E-state index in [1.807, 2.05) is 0 Å². The van der Waals surface area contributed by atoms with Crippen LogP contribution in [0.5, 0.6) is 5.75 Å². The minimum Gasteiger partial charge on any atom is -0.490 e. The molecule has 0 radical (unpaired) electrons. The third-order valence-corrected chi connectivity index (χ3v) is 4.94. The highest BCUT2D eigenvalue weighted by molar-refractivity contribution is 8.13. The van der Waals surface area contributed by atoms with Crippen molar-refractivity contribution < 1.29 is 17.9 Å². The number of benzene rings is 1. The summed E-state index contributed by atoms with van der Waals surface area (Å²) < 4.78 is 33.3. The summed E-state index contributed by atoms with van der Waals surface area (Å²) in [5.74, 6) is 0.877. The van der Waals surface area contributed by atoms with Crippen molar-refractivity contribution in [3.63, 3.8) is 0 Å². The largest absolute Gasteiger partial charge is 0.490 e. The minimum absolute atomic E-state index is 0.0144. The van der Waals surface area contributed by atoms with E-state index in [0.29, 0.717) is 25.7 Å². The van der Waals surface area contributed by atoms with Crippen molar-refractivity contribution in [2.45, 2.75) is 25.2 Å². The monoisotopic (exact) mass is 374 g/mol. The van der Waals surface area contributed by atoms with Gasteiger partial charge in [0, 0.05) is 17.3 Å². The molecule has 4 nitrogen and oxygen atoms in total. The fourth-order valence-corrected chi connectivity index (χ4v) is 3.23. The van der Waals surface area contributed by atoms with Gasteiger partial charge in [0.1, 0.15) is 22.3 Å². The molecule has 0 saturated carbocycles.